The summed E-state index contributed by atoms with van der Waals surface area (Å²) in [5, 5.41) is 0. The molecule has 440 valence electrons. The lowest BCUT2D eigenvalue weighted by Gasteiger charge is -2.18. The van der Waals surface area contributed by atoms with Crippen molar-refractivity contribution in [3.05, 3.63) is 109 Å². The molecule has 0 heterocycles. The Morgan fingerprint density at radius 1 is 0.273 bits per heavy atom. The van der Waals surface area contributed by atoms with Gasteiger partial charge in [0.1, 0.15) is 13.2 Å². The van der Waals surface area contributed by atoms with E-state index in [0.29, 0.717) is 19.3 Å². The van der Waals surface area contributed by atoms with Crippen molar-refractivity contribution in [3.63, 3.8) is 0 Å². The zero-order valence-corrected chi connectivity index (χ0v) is 50.4. The van der Waals surface area contributed by atoms with Crippen LogP contribution in [0.15, 0.2) is 109 Å². The Morgan fingerprint density at radius 2 is 0.506 bits per heavy atom. The lowest BCUT2D eigenvalue weighted by atomic mass is 10.1. The van der Waals surface area contributed by atoms with Crippen LogP contribution in [0.1, 0.15) is 303 Å². The molecule has 0 saturated heterocycles. The van der Waals surface area contributed by atoms with E-state index in [0.717, 1.165) is 128 Å². The molecule has 1 unspecified atom stereocenters. The minimum atomic E-state index is -0.796. The van der Waals surface area contributed by atoms with Crippen molar-refractivity contribution in [2.24, 2.45) is 0 Å². The summed E-state index contributed by atoms with van der Waals surface area (Å²) in [6.45, 7) is 6.49. The highest BCUT2D eigenvalue weighted by molar-refractivity contribution is 5.71. The third kappa shape index (κ3) is 62.8. The number of allylic oxidation sites excluding steroid dienone is 18. The third-order valence-corrected chi connectivity index (χ3v) is 13.7. The minimum absolute atomic E-state index is 0.0913. The van der Waals surface area contributed by atoms with Crippen molar-refractivity contribution >= 4 is 17.9 Å². The molecule has 6 heteroatoms. The number of ether oxygens (including phenoxy) is 3. The first kappa shape index (κ1) is 73.1. The second-order valence-corrected chi connectivity index (χ2v) is 21.3. The van der Waals surface area contributed by atoms with Gasteiger partial charge in [-0.15, -0.1) is 0 Å². The zero-order chi connectivity index (χ0) is 55.7. The van der Waals surface area contributed by atoms with E-state index in [1.807, 2.05) is 0 Å². The zero-order valence-electron chi connectivity index (χ0n) is 50.4. The summed E-state index contributed by atoms with van der Waals surface area (Å²) in [5.74, 6) is -0.912. The second kappa shape index (κ2) is 64.6. The SMILES string of the molecule is CC/C=C\C/C=C\C/C=C\C/C=C\CCCCCCCCC(=O)OC(COC(=O)CCCCCCCCC/C=C\C/C=C\CCCCC)COC(=O)CCCCCCCCCC/C=C\C/C=C\C/C=C\CCCCCCC. The molecule has 1 atom stereocenters. The highest BCUT2D eigenvalue weighted by Gasteiger charge is 2.19. The van der Waals surface area contributed by atoms with Gasteiger partial charge in [-0.1, -0.05) is 265 Å². The van der Waals surface area contributed by atoms with Crippen LogP contribution in [0.25, 0.3) is 0 Å². The van der Waals surface area contributed by atoms with Crippen LogP contribution in [0.3, 0.4) is 0 Å². The Hall–Kier alpha value is -3.93. The number of carbonyl (C=O) groups excluding carboxylic acids is 3. The molecule has 0 aliphatic heterocycles. The van der Waals surface area contributed by atoms with E-state index < -0.39 is 6.10 Å². The maximum Gasteiger partial charge on any atom is 0.306 e. The van der Waals surface area contributed by atoms with Crippen molar-refractivity contribution in [3.8, 4) is 0 Å². The van der Waals surface area contributed by atoms with Crippen LogP contribution in [0.5, 0.6) is 0 Å². The van der Waals surface area contributed by atoms with Crippen LogP contribution in [0, 0.1) is 0 Å². The first-order valence-electron chi connectivity index (χ1n) is 32.4. The fourth-order valence-corrected chi connectivity index (χ4v) is 8.88. The fourth-order valence-electron chi connectivity index (χ4n) is 8.88. The van der Waals surface area contributed by atoms with Gasteiger partial charge in [0.15, 0.2) is 6.10 Å². The normalized spacial score (nSPS) is 12.8. The molecule has 0 aromatic carbocycles. The second-order valence-electron chi connectivity index (χ2n) is 21.3. The van der Waals surface area contributed by atoms with Crippen molar-refractivity contribution in [1.29, 1.82) is 0 Å². The molecule has 0 spiro atoms. The molecule has 0 radical (unpaired) electrons. The highest BCUT2D eigenvalue weighted by Crippen LogP contribution is 2.15. The first-order chi connectivity index (χ1) is 38.0. The Kier molecular flexibility index (Phi) is 61.3. The third-order valence-electron chi connectivity index (χ3n) is 13.7. The number of rotatable bonds is 58. The van der Waals surface area contributed by atoms with Gasteiger partial charge < -0.3 is 14.2 Å². The van der Waals surface area contributed by atoms with Gasteiger partial charge in [-0.3, -0.25) is 14.4 Å². The largest absolute Gasteiger partial charge is 0.462 e. The van der Waals surface area contributed by atoms with Gasteiger partial charge in [-0.05, 0) is 128 Å². The van der Waals surface area contributed by atoms with Crippen LogP contribution < -0.4 is 0 Å². The van der Waals surface area contributed by atoms with Gasteiger partial charge in [0.2, 0.25) is 0 Å². The smallest absolute Gasteiger partial charge is 0.306 e. The van der Waals surface area contributed by atoms with Crippen molar-refractivity contribution in [2.75, 3.05) is 13.2 Å². The van der Waals surface area contributed by atoms with E-state index in [1.165, 1.54) is 135 Å². The topological polar surface area (TPSA) is 78.9 Å². The van der Waals surface area contributed by atoms with E-state index >= 15 is 0 Å². The fraction of sp³-hybridized carbons (Fsp3) is 0.704. The summed E-state index contributed by atoms with van der Waals surface area (Å²) >= 11 is 0. The number of hydrogen-bond donors (Lipinski definition) is 0. The summed E-state index contributed by atoms with van der Waals surface area (Å²) in [6.07, 6.45) is 88.0. The van der Waals surface area contributed by atoms with Gasteiger partial charge >= 0.3 is 17.9 Å². The van der Waals surface area contributed by atoms with Crippen molar-refractivity contribution in [1.82, 2.24) is 0 Å². The van der Waals surface area contributed by atoms with Crippen LogP contribution in [-0.2, 0) is 28.6 Å². The summed E-state index contributed by atoms with van der Waals surface area (Å²) in [4.78, 5) is 38.4. The van der Waals surface area contributed by atoms with E-state index in [4.69, 9.17) is 14.2 Å². The summed E-state index contributed by atoms with van der Waals surface area (Å²) < 4.78 is 16.9. The molecule has 0 aromatic heterocycles. The van der Waals surface area contributed by atoms with E-state index in [9.17, 15) is 14.4 Å². The average molecular weight is 1070 g/mol. The number of carbonyl (C=O) groups is 3. The van der Waals surface area contributed by atoms with E-state index in [-0.39, 0.29) is 31.1 Å². The Bertz CT molecular complexity index is 1560. The quantitative estimate of drug-likeness (QED) is 0.0261. The molecule has 77 heavy (non-hydrogen) atoms. The van der Waals surface area contributed by atoms with Crippen LogP contribution in [0.2, 0.25) is 0 Å². The Labute approximate surface area is 476 Å². The molecule has 0 N–H and O–H groups in total. The van der Waals surface area contributed by atoms with Gasteiger partial charge in [0.05, 0.1) is 0 Å². The molecular formula is C71H120O6. The van der Waals surface area contributed by atoms with Crippen LogP contribution >= 0.6 is 0 Å². The molecule has 0 saturated carbocycles. The molecule has 0 amide bonds. The molecule has 6 nitrogen and oxygen atoms in total. The minimum Gasteiger partial charge on any atom is -0.462 e. The first-order valence-corrected chi connectivity index (χ1v) is 32.4. The maximum absolute atomic E-state index is 12.9. The van der Waals surface area contributed by atoms with Crippen molar-refractivity contribution < 1.29 is 28.6 Å². The van der Waals surface area contributed by atoms with Crippen LogP contribution in [-0.4, -0.2) is 37.2 Å². The molecule has 0 aromatic rings. The monoisotopic (exact) mass is 1070 g/mol. The summed E-state index contributed by atoms with van der Waals surface area (Å²) in [7, 11) is 0. The Morgan fingerprint density at radius 3 is 0.818 bits per heavy atom. The molecule has 0 aliphatic rings. The molecule has 0 aliphatic carbocycles. The van der Waals surface area contributed by atoms with Crippen molar-refractivity contribution in [2.45, 2.75) is 309 Å². The summed E-state index contributed by atoms with van der Waals surface area (Å²) in [6, 6.07) is 0. The lowest BCUT2D eigenvalue weighted by Crippen LogP contribution is -2.30. The standard InChI is InChI=1S/C71H120O6/c1-4-7-10-13-16-19-22-25-28-31-33-34-35-36-38-40-43-46-49-52-55-58-61-64-70(73)76-67-68(66-75-69(72)63-60-57-54-51-48-45-42-39-30-27-24-21-18-15-12-9-6-3)77-71(74)65-62-59-56-53-50-47-44-41-37-32-29-26-23-20-17-14-11-8-5-2/h8,11,17-18,20-22,25-27,29-31,33,35-37,41,68H,4-7,9-10,12-16,19,23-24,28,32,34,38-40,42-67H2,1-3H3/b11-8-,20-17-,21-18-,25-22-,29-26-,30-27-,33-31-,36-35-,41-37-. The van der Waals surface area contributed by atoms with Gasteiger partial charge in [-0.2, -0.15) is 0 Å². The van der Waals surface area contributed by atoms with E-state index in [2.05, 4.69) is 130 Å². The maximum atomic E-state index is 12.9. The predicted molar refractivity (Wildman–Crippen MR) is 334 cm³/mol. The molecule has 0 rings (SSSR count). The highest BCUT2D eigenvalue weighted by atomic mass is 16.6. The van der Waals surface area contributed by atoms with Gasteiger partial charge in [0, 0.05) is 19.3 Å². The van der Waals surface area contributed by atoms with Crippen LogP contribution in [0.4, 0.5) is 0 Å². The van der Waals surface area contributed by atoms with Gasteiger partial charge in [0.25, 0.3) is 0 Å². The Balaban J connectivity index is 4.43. The predicted octanol–water partition coefficient (Wildman–Crippen LogP) is 22.2. The van der Waals surface area contributed by atoms with Gasteiger partial charge in [-0.25, -0.2) is 0 Å². The average Bonchev–Trinajstić information content (AvgIpc) is 3.43. The summed E-state index contributed by atoms with van der Waals surface area (Å²) in [5.41, 5.74) is 0. The lowest BCUT2D eigenvalue weighted by molar-refractivity contribution is -0.167. The number of unbranched alkanes of at least 4 members (excludes halogenated alkanes) is 29. The molecule has 0 fully saturated rings. The number of esters is 3. The number of hydrogen-bond acceptors (Lipinski definition) is 6. The molecular weight excluding hydrogens is 949 g/mol. The van der Waals surface area contributed by atoms with E-state index in [1.54, 1.807) is 0 Å². The molecule has 0 bridgehead atoms.